The standard InChI is InChI=1S/C12H14ClNO2S/c13-10-3-5-11(6-4-10)17(16)9-12(15)14-7-1-2-8-14/h3-6H,1-2,7-9H2. The highest BCUT2D eigenvalue weighted by atomic mass is 35.5. The molecule has 1 aliphatic heterocycles. The van der Waals surface area contributed by atoms with Crippen LogP contribution in [0.1, 0.15) is 12.8 Å². The van der Waals surface area contributed by atoms with Gasteiger partial charge in [0.25, 0.3) is 0 Å². The lowest BCUT2D eigenvalue weighted by Gasteiger charge is -2.14. The summed E-state index contributed by atoms with van der Waals surface area (Å²) in [5.41, 5.74) is 0. The van der Waals surface area contributed by atoms with Gasteiger partial charge >= 0.3 is 0 Å². The largest absolute Gasteiger partial charge is 0.342 e. The molecular formula is C12H14ClNO2S. The second-order valence-corrected chi connectivity index (χ2v) is 5.92. The fourth-order valence-corrected chi connectivity index (χ4v) is 2.98. The molecule has 0 aromatic heterocycles. The van der Waals surface area contributed by atoms with Crippen LogP contribution < -0.4 is 0 Å². The van der Waals surface area contributed by atoms with Crippen molar-refractivity contribution in [3.05, 3.63) is 29.3 Å². The summed E-state index contributed by atoms with van der Waals surface area (Å²) in [5, 5.41) is 0.608. The Morgan fingerprint density at radius 2 is 1.82 bits per heavy atom. The Balaban J connectivity index is 1.96. The average molecular weight is 272 g/mol. The third-order valence-electron chi connectivity index (χ3n) is 2.79. The van der Waals surface area contributed by atoms with Crippen molar-refractivity contribution < 1.29 is 9.00 Å². The Kier molecular flexibility index (Phi) is 4.18. The number of hydrogen-bond donors (Lipinski definition) is 0. The van der Waals surface area contributed by atoms with Crippen molar-refractivity contribution >= 4 is 28.3 Å². The van der Waals surface area contributed by atoms with E-state index in [1.165, 1.54) is 0 Å². The zero-order valence-corrected chi connectivity index (χ0v) is 11.0. The molecule has 1 aliphatic rings. The molecule has 2 rings (SSSR count). The fourth-order valence-electron chi connectivity index (χ4n) is 1.84. The van der Waals surface area contributed by atoms with Gasteiger partial charge in [-0.2, -0.15) is 0 Å². The lowest BCUT2D eigenvalue weighted by atomic mass is 10.4. The maximum atomic E-state index is 11.9. The van der Waals surface area contributed by atoms with E-state index in [-0.39, 0.29) is 11.7 Å². The molecule has 0 spiro atoms. The first-order chi connectivity index (χ1) is 8.16. The van der Waals surface area contributed by atoms with Gasteiger partial charge in [-0.15, -0.1) is 0 Å². The number of likely N-dealkylation sites (tertiary alicyclic amines) is 1. The Morgan fingerprint density at radius 1 is 1.24 bits per heavy atom. The van der Waals surface area contributed by atoms with Crippen molar-refractivity contribution in [2.45, 2.75) is 17.7 Å². The summed E-state index contributed by atoms with van der Waals surface area (Å²) in [6.07, 6.45) is 2.11. The highest BCUT2D eigenvalue weighted by Crippen LogP contribution is 2.14. The van der Waals surface area contributed by atoms with Gasteiger partial charge in [-0.1, -0.05) is 11.6 Å². The molecule has 0 saturated carbocycles. The first kappa shape index (κ1) is 12.6. The number of amides is 1. The first-order valence-corrected chi connectivity index (χ1v) is 7.28. The van der Waals surface area contributed by atoms with Crippen LogP contribution in [0, 0.1) is 0 Å². The number of nitrogens with zero attached hydrogens (tertiary/aromatic N) is 1. The monoisotopic (exact) mass is 271 g/mol. The highest BCUT2D eigenvalue weighted by molar-refractivity contribution is 7.85. The predicted octanol–water partition coefficient (Wildman–Crippen LogP) is 2.07. The molecule has 1 aromatic rings. The molecule has 1 aromatic carbocycles. The van der Waals surface area contributed by atoms with Crippen LogP contribution in [0.5, 0.6) is 0 Å². The third-order valence-corrected chi connectivity index (χ3v) is 4.35. The summed E-state index contributed by atoms with van der Waals surface area (Å²) in [6, 6.07) is 6.79. The van der Waals surface area contributed by atoms with E-state index in [1.807, 2.05) is 0 Å². The van der Waals surface area contributed by atoms with E-state index in [4.69, 9.17) is 11.6 Å². The van der Waals surface area contributed by atoms with Gasteiger partial charge in [0.15, 0.2) is 0 Å². The van der Waals surface area contributed by atoms with Gasteiger partial charge < -0.3 is 4.90 Å². The van der Waals surface area contributed by atoms with Crippen molar-refractivity contribution in [1.82, 2.24) is 4.90 Å². The molecule has 1 unspecified atom stereocenters. The molecule has 1 fully saturated rings. The van der Waals surface area contributed by atoms with Crippen molar-refractivity contribution in [2.24, 2.45) is 0 Å². The van der Waals surface area contributed by atoms with E-state index in [0.717, 1.165) is 25.9 Å². The second-order valence-electron chi connectivity index (χ2n) is 4.03. The van der Waals surface area contributed by atoms with E-state index in [0.29, 0.717) is 9.92 Å². The van der Waals surface area contributed by atoms with Crippen LogP contribution in [0.25, 0.3) is 0 Å². The van der Waals surface area contributed by atoms with Gasteiger partial charge in [0.1, 0.15) is 5.75 Å². The fraction of sp³-hybridized carbons (Fsp3) is 0.417. The molecule has 92 valence electrons. The molecule has 1 saturated heterocycles. The summed E-state index contributed by atoms with van der Waals surface area (Å²) in [7, 11) is -1.27. The van der Waals surface area contributed by atoms with E-state index < -0.39 is 10.8 Å². The van der Waals surface area contributed by atoms with E-state index >= 15 is 0 Å². The molecule has 17 heavy (non-hydrogen) atoms. The number of carbonyl (C=O) groups excluding carboxylic acids is 1. The predicted molar refractivity (Wildman–Crippen MR) is 68.5 cm³/mol. The van der Waals surface area contributed by atoms with Gasteiger partial charge in [0.05, 0.1) is 10.8 Å². The maximum absolute atomic E-state index is 11.9. The number of rotatable bonds is 3. The summed E-state index contributed by atoms with van der Waals surface area (Å²) in [5.74, 6) is 0.0533. The molecule has 0 bridgehead atoms. The first-order valence-electron chi connectivity index (χ1n) is 5.58. The summed E-state index contributed by atoms with van der Waals surface area (Å²) >= 11 is 5.75. The molecular weight excluding hydrogens is 258 g/mol. The summed E-state index contributed by atoms with van der Waals surface area (Å²) < 4.78 is 11.9. The van der Waals surface area contributed by atoms with Crippen LogP contribution in [-0.2, 0) is 15.6 Å². The van der Waals surface area contributed by atoms with Gasteiger partial charge in [0.2, 0.25) is 5.91 Å². The van der Waals surface area contributed by atoms with Gasteiger partial charge in [-0.3, -0.25) is 9.00 Å². The number of carbonyl (C=O) groups is 1. The van der Waals surface area contributed by atoms with E-state index in [9.17, 15) is 9.00 Å². The Hall–Kier alpha value is -0.870. The molecule has 1 amide bonds. The van der Waals surface area contributed by atoms with Crippen LogP contribution in [0.15, 0.2) is 29.2 Å². The second kappa shape index (κ2) is 5.65. The Bertz CT molecular complexity index is 427. The van der Waals surface area contributed by atoms with Gasteiger partial charge in [0, 0.05) is 23.0 Å². The summed E-state index contributed by atoms with van der Waals surface area (Å²) in [6.45, 7) is 1.60. The van der Waals surface area contributed by atoms with Crippen molar-refractivity contribution in [1.29, 1.82) is 0 Å². The highest BCUT2D eigenvalue weighted by Gasteiger charge is 2.20. The molecule has 0 N–H and O–H groups in total. The minimum Gasteiger partial charge on any atom is -0.342 e. The van der Waals surface area contributed by atoms with Crippen LogP contribution in [-0.4, -0.2) is 33.9 Å². The minimum absolute atomic E-state index is 0.0178. The minimum atomic E-state index is -1.27. The number of hydrogen-bond acceptors (Lipinski definition) is 2. The molecule has 3 nitrogen and oxygen atoms in total. The lowest BCUT2D eigenvalue weighted by Crippen LogP contribution is -2.31. The van der Waals surface area contributed by atoms with Crippen molar-refractivity contribution in [2.75, 3.05) is 18.8 Å². The molecule has 0 radical (unpaired) electrons. The van der Waals surface area contributed by atoms with Crippen LogP contribution in [0.2, 0.25) is 5.02 Å². The van der Waals surface area contributed by atoms with Crippen molar-refractivity contribution in [3.8, 4) is 0 Å². The molecule has 1 heterocycles. The zero-order chi connectivity index (χ0) is 12.3. The Labute approximate surface area is 108 Å². The average Bonchev–Trinajstić information content (AvgIpc) is 2.83. The van der Waals surface area contributed by atoms with Crippen LogP contribution in [0.4, 0.5) is 0 Å². The van der Waals surface area contributed by atoms with Crippen molar-refractivity contribution in [3.63, 3.8) is 0 Å². The smallest absolute Gasteiger partial charge is 0.235 e. The zero-order valence-electron chi connectivity index (χ0n) is 9.39. The molecule has 1 atom stereocenters. The van der Waals surface area contributed by atoms with E-state index in [1.54, 1.807) is 29.2 Å². The normalized spacial score (nSPS) is 17.1. The quantitative estimate of drug-likeness (QED) is 0.844. The van der Waals surface area contributed by atoms with Crippen LogP contribution >= 0.6 is 11.6 Å². The van der Waals surface area contributed by atoms with Gasteiger partial charge in [-0.25, -0.2) is 0 Å². The van der Waals surface area contributed by atoms with E-state index in [2.05, 4.69) is 0 Å². The topological polar surface area (TPSA) is 37.4 Å². The third kappa shape index (κ3) is 3.30. The molecule has 5 heteroatoms. The Morgan fingerprint density at radius 3 is 2.41 bits per heavy atom. The maximum Gasteiger partial charge on any atom is 0.235 e. The molecule has 0 aliphatic carbocycles. The van der Waals surface area contributed by atoms with Gasteiger partial charge in [-0.05, 0) is 37.1 Å². The SMILES string of the molecule is O=C(CS(=O)c1ccc(Cl)cc1)N1CCCC1. The summed E-state index contributed by atoms with van der Waals surface area (Å²) in [4.78, 5) is 14.2. The van der Waals surface area contributed by atoms with Crippen LogP contribution in [0.3, 0.4) is 0 Å². The lowest BCUT2D eigenvalue weighted by molar-refractivity contribution is -0.127. The number of halogens is 1. The number of benzene rings is 1.